The molecule has 0 radical (unpaired) electrons. The number of rotatable bonds is 5. The number of halogens is 2. The third kappa shape index (κ3) is 5.13. The van der Waals surface area contributed by atoms with Gasteiger partial charge in [0.25, 0.3) is 5.91 Å². The van der Waals surface area contributed by atoms with Crippen LogP contribution in [0.3, 0.4) is 0 Å². The molecule has 31 heavy (non-hydrogen) atoms. The molecule has 4 rings (SSSR count). The molecule has 7 heteroatoms. The van der Waals surface area contributed by atoms with Gasteiger partial charge in [0.05, 0.1) is 4.91 Å². The first-order chi connectivity index (χ1) is 15.0. The predicted octanol–water partition coefficient (Wildman–Crippen LogP) is 5.07. The van der Waals surface area contributed by atoms with E-state index < -0.39 is 0 Å². The minimum Gasteiger partial charge on any atom is -0.348 e. The standard InChI is InChI=1S/C24H24ClFN2O2S/c25-18-9-3-1-7-16(18)14-27-23(29)13-22-24(30)28(15-17-8-2-4-10-19(17)26)20-11-5-6-12-21(20)31-22/h1-4,7-10,13,20-21H,5-6,11-12,14-15H2,(H,27,29)/b22-13-. The van der Waals surface area contributed by atoms with Crippen molar-refractivity contribution in [3.63, 3.8) is 0 Å². The molecule has 0 aromatic heterocycles. The molecule has 0 bridgehead atoms. The molecule has 1 N–H and O–H groups in total. The van der Waals surface area contributed by atoms with Crippen LogP contribution in [-0.4, -0.2) is 28.0 Å². The maximum absolute atomic E-state index is 14.3. The Balaban J connectivity index is 1.51. The number of nitrogens with one attached hydrogen (secondary N) is 1. The number of amides is 2. The number of thioether (sulfide) groups is 1. The number of carbonyl (C=O) groups excluding carboxylic acids is 2. The molecule has 2 unspecified atom stereocenters. The first kappa shape index (κ1) is 21.9. The van der Waals surface area contributed by atoms with Gasteiger partial charge in [-0.05, 0) is 30.5 Å². The van der Waals surface area contributed by atoms with Gasteiger partial charge < -0.3 is 10.2 Å². The third-order valence-electron chi connectivity index (χ3n) is 5.79. The van der Waals surface area contributed by atoms with Crippen molar-refractivity contribution in [2.45, 2.75) is 50.1 Å². The van der Waals surface area contributed by atoms with E-state index in [4.69, 9.17) is 11.6 Å². The molecule has 1 heterocycles. The fraction of sp³-hybridized carbons (Fsp3) is 0.333. The number of benzene rings is 2. The molecular formula is C24H24ClFN2O2S. The molecule has 0 spiro atoms. The predicted molar refractivity (Wildman–Crippen MR) is 122 cm³/mol. The fourth-order valence-electron chi connectivity index (χ4n) is 4.17. The van der Waals surface area contributed by atoms with Crippen molar-refractivity contribution in [1.82, 2.24) is 10.2 Å². The van der Waals surface area contributed by atoms with E-state index in [-0.39, 0.29) is 42.0 Å². The molecule has 1 aliphatic carbocycles. The van der Waals surface area contributed by atoms with Gasteiger partial charge in [-0.1, -0.05) is 60.8 Å². The summed E-state index contributed by atoms with van der Waals surface area (Å²) in [5.74, 6) is -0.857. The Hall–Kier alpha value is -2.31. The highest BCUT2D eigenvalue weighted by Crippen LogP contribution is 2.42. The summed E-state index contributed by atoms with van der Waals surface area (Å²) >= 11 is 7.63. The van der Waals surface area contributed by atoms with Crippen LogP contribution in [0.15, 0.2) is 59.5 Å². The van der Waals surface area contributed by atoms with Crippen LogP contribution in [0.4, 0.5) is 4.39 Å². The molecule has 162 valence electrons. The summed E-state index contributed by atoms with van der Waals surface area (Å²) in [6.07, 6.45) is 5.42. The highest BCUT2D eigenvalue weighted by molar-refractivity contribution is 8.04. The number of nitrogens with zero attached hydrogens (tertiary/aromatic N) is 1. The van der Waals surface area contributed by atoms with Gasteiger partial charge in [0.2, 0.25) is 5.91 Å². The molecule has 2 fully saturated rings. The summed E-state index contributed by atoms with van der Waals surface area (Å²) in [4.78, 5) is 28.0. The SMILES string of the molecule is O=C(/C=C1\SC2CCCCC2N(Cc2ccccc2F)C1=O)NCc1ccccc1Cl. The van der Waals surface area contributed by atoms with Gasteiger partial charge in [-0.3, -0.25) is 9.59 Å². The molecule has 1 aliphatic heterocycles. The van der Waals surface area contributed by atoms with Crippen molar-refractivity contribution in [3.8, 4) is 0 Å². The average molecular weight is 459 g/mol. The second kappa shape index (κ2) is 9.88. The maximum Gasteiger partial charge on any atom is 0.261 e. The van der Waals surface area contributed by atoms with Crippen LogP contribution >= 0.6 is 23.4 Å². The third-order valence-corrected chi connectivity index (χ3v) is 7.56. The van der Waals surface area contributed by atoms with E-state index in [0.29, 0.717) is 15.5 Å². The Bertz CT molecular complexity index is 1010. The molecule has 2 aromatic carbocycles. The molecule has 2 amide bonds. The van der Waals surface area contributed by atoms with E-state index in [2.05, 4.69) is 5.32 Å². The summed E-state index contributed by atoms with van der Waals surface area (Å²) in [6, 6.07) is 13.9. The zero-order chi connectivity index (χ0) is 21.8. The number of carbonyl (C=O) groups is 2. The summed E-state index contributed by atoms with van der Waals surface area (Å²) < 4.78 is 14.3. The first-order valence-corrected chi connectivity index (χ1v) is 11.7. The lowest BCUT2D eigenvalue weighted by Crippen LogP contribution is -2.51. The molecular weight excluding hydrogens is 435 g/mol. The highest BCUT2D eigenvalue weighted by Gasteiger charge is 2.40. The minimum absolute atomic E-state index is 0.0641. The summed E-state index contributed by atoms with van der Waals surface area (Å²) in [5, 5.41) is 3.62. The first-order valence-electron chi connectivity index (χ1n) is 10.5. The number of hydrogen-bond donors (Lipinski definition) is 1. The smallest absolute Gasteiger partial charge is 0.261 e. The lowest BCUT2D eigenvalue weighted by Gasteiger charge is -2.44. The van der Waals surface area contributed by atoms with Gasteiger partial charge in [0.15, 0.2) is 0 Å². The van der Waals surface area contributed by atoms with Crippen LogP contribution in [0.2, 0.25) is 5.02 Å². The van der Waals surface area contributed by atoms with Crippen molar-refractivity contribution < 1.29 is 14.0 Å². The quantitative estimate of drug-likeness (QED) is 0.636. The normalized spacial score (nSPS) is 22.3. The van der Waals surface area contributed by atoms with Crippen molar-refractivity contribution in [3.05, 3.63) is 81.5 Å². The topological polar surface area (TPSA) is 49.4 Å². The van der Waals surface area contributed by atoms with Crippen LogP contribution < -0.4 is 5.32 Å². The molecule has 2 aromatic rings. The van der Waals surface area contributed by atoms with E-state index in [1.54, 1.807) is 29.2 Å². The largest absolute Gasteiger partial charge is 0.348 e. The molecule has 2 aliphatic rings. The fourth-order valence-corrected chi connectivity index (χ4v) is 5.81. The summed E-state index contributed by atoms with van der Waals surface area (Å²) in [6.45, 7) is 0.498. The average Bonchev–Trinajstić information content (AvgIpc) is 2.77. The van der Waals surface area contributed by atoms with Gasteiger partial charge in [-0.25, -0.2) is 4.39 Å². The highest BCUT2D eigenvalue weighted by atomic mass is 35.5. The van der Waals surface area contributed by atoms with Gasteiger partial charge >= 0.3 is 0 Å². The van der Waals surface area contributed by atoms with Crippen molar-refractivity contribution in [2.24, 2.45) is 0 Å². The van der Waals surface area contributed by atoms with Crippen LogP contribution in [0, 0.1) is 5.82 Å². The molecule has 4 nitrogen and oxygen atoms in total. The summed E-state index contributed by atoms with van der Waals surface area (Å²) in [5.41, 5.74) is 1.31. The number of fused-ring (bicyclic) bond motifs is 1. The van der Waals surface area contributed by atoms with E-state index in [1.165, 1.54) is 23.9 Å². The zero-order valence-electron chi connectivity index (χ0n) is 17.0. The zero-order valence-corrected chi connectivity index (χ0v) is 18.6. The van der Waals surface area contributed by atoms with E-state index in [0.717, 1.165) is 31.2 Å². The Morgan fingerprint density at radius 1 is 1.13 bits per heavy atom. The lowest BCUT2D eigenvalue weighted by atomic mass is 9.92. The molecule has 2 atom stereocenters. The monoisotopic (exact) mass is 458 g/mol. The Morgan fingerprint density at radius 2 is 1.84 bits per heavy atom. The van der Waals surface area contributed by atoms with Gasteiger partial charge in [-0.15, -0.1) is 11.8 Å². The van der Waals surface area contributed by atoms with Crippen LogP contribution in [-0.2, 0) is 22.7 Å². The lowest BCUT2D eigenvalue weighted by molar-refractivity contribution is -0.130. The Kier molecular flexibility index (Phi) is 6.98. The van der Waals surface area contributed by atoms with Gasteiger partial charge in [-0.2, -0.15) is 0 Å². The minimum atomic E-state index is -0.337. The number of hydrogen-bond acceptors (Lipinski definition) is 3. The van der Waals surface area contributed by atoms with Crippen molar-refractivity contribution in [2.75, 3.05) is 0 Å². The second-order valence-electron chi connectivity index (χ2n) is 7.85. The molecule has 1 saturated heterocycles. The van der Waals surface area contributed by atoms with Crippen molar-refractivity contribution in [1.29, 1.82) is 0 Å². The van der Waals surface area contributed by atoms with Crippen LogP contribution in [0.25, 0.3) is 0 Å². The molecule has 1 saturated carbocycles. The van der Waals surface area contributed by atoms with E-state index >= 15 is 0 Å². The maximum atomic E-state index is 14.3. The summed E-state index contributed by atoms with van der Waals surface area (Å²) in [7, 11) is 0. The van der Waals surface area contributed by atoms with Crippen molar-refractivity contribution >= 4 is 35.2 Å². The Morgan fingerprint density at radius 3 is 2.61 bits per heavy atom. The second-order valence-corrected chi connectivity index (χ2v) is 9.54. The Labute approximate surface area is 190 Å². The van der Waals surface area contributed by atoms with Crippen LogP contribution in [0.1, 0.15) is 36.8 Å². The van der Waals surface area contributed by atoms with Crippen LogP contribution in [0.5, 0.6) is 0 Å². The van der Waals surface area contributed by atoms with E-state index in [1.807, 2.05) is 18.2 Å². The van der Waals surface area contributed by atoms with Gasteiger partial charge in [0, 0.05) is 41.0 Å². The van der Waals surface area contributed by atoms with Gasteiger partial charge in [0.1, 0.15) is 5.82 Å². The van der Waals surface area contributed by atoms with E-state index in [9.17, 15) is 14.0 Å².